The third-order valence-electron chi connectivity index (χ3n) is 4.68. The van der Waals surface area contributed by atoms with Crippen molar-refractivity contribution in [2.24, 2.45) is 0 Å². The van der Waals surface area contributed by atoms with E-state index < -0.39 is 18.0 Å². The molecule has 2 aromatic carbocycles. The predicted octanol–water partition coefficient (Wildman–Crippen LogP) is 3.04. The summed E-state index contributed by atoms with van der Waals surface area (Å²) in [6.45, 7) is 2.36. The Kier molecular flexibility index (Phi) is 6.46. The maximum absolute atomic E-state index is 12.7. The van der Waals surface area contributed by atoms with Gasteiger partial charge in [0.15, 0.2) is 11.5 Å². The lowest BCUT2D eigenvalue weighted by Crippen LogP contribution is -2.45. The van der Waals surface area contributed by atoms with Crippen molar-refractivity contribution in [3.05, 3.63) is 59.2 Å². The highest BCUT2D eigenvalue weighted by Crippen LogP contribution is 2.36. The molecule has 1 unspecified atom stereocenters. The molecule has 0 saturated heterocycles. The van der Waals surface area contributed by atoms with Crippen molar-refractivity contribution in [3.8, 4) is 17.2 Å². The Hall–Kier alpha value is -3.68. The number of carbonyl (C=O) groups excluding carboxylic acids is 2. The number of ether oxygens (including phenoxy) is 4. The normalized spacial score (nSPS) is 15.7. The van der Waals surface area contributed by atoms with Gasteiger partial charge in [-0.2, -0.15) is 0 Å². The number of hydrogen-bond donors (Lipinski definition) is 2. The standard InChI is InChI=1S/C22H24N2O6/c1-5-30-16-11-8-14(12-17(16)28-3)20-18(21(25)29-4)19(23-22(26)24-20)13-6-9-15(27-2)10-7-13/h6-12,20H,5H2,1-4H3,(H2,23,24,26). The van der Waals surface area contributed by atoms with Gasteiger partial charge in [-0.05, 0) is 54.4 Å². The summed E-state index contributed by atoms with van der Waals surface area (Å²) in [5, 5.41) is 5.52. The third kappa shape index (κ3) is 4.17. The van der Waals surface area contributed by atoms with Gasteiger partial charge in [-0.15, -0.1) is 0 Å². The fraction of sp³-hybridized carbons (Fsp3) is 0.273. The first-order chi connectivity index (χ1) is 14.5. The molecule has 8 nitrogen and oxygen atoms in total. The summed E-state index contributed by atoms with van der Waals surface area (Å²) in [5.41, 5.74) is 1.94. The third-order valence-corrected chi connectivity index (χ3v) is 4.68. The van der Waals surface area contributed by atoms with Crippen LogP contribution >= 0.6 is 0 Å². The molecule has 0 radical (unpaired) electrons. The molecule has 1 heterocycles. The van der Waals surface area contributed by atoms with E-state index in [1.165, 1.54) is 14.2 Å². The molecular formula is C22H24N2O6. The van der Waals surface area contributed by atoms with E-state index in [-0.39, 0.29) is 5.57 Å². The quantitative estimate of drug-likeness (QED) is 0.679. The van der Waals surface area contributed by atoms with Crippen molar-refractivity contribution >= 4 is 17.7 Å². The highest BCUT2D eigenvalue weighted by atomic mass is 16.5. The molecule has 2 amide bonds. The van der Waals surface area contributed by atoms with Gasteiger partial charge in [0.2, 0.25) is 0 Å². The predicted molar refractivity (Wildman–Crippen MR) is 111 cm³/mol. The van der Waals surface area contributed by atoms with Crippen LogP contribution in [0.1, 0.15) is 24.1 Å². The summed E-state index contributed by atoms with van der Waals surface area (Å²) in [6.07, 6.45) is 0. The first kappa shape index (κ1) is 21.0. The molecule has 30 heavy (non-hydrogen) atoms. The SMILES string of the molecule is CCOc1ccc(C2NC(=O)NC(c3ccc(OC)cc3)=C2C(=O)OC)cc1OC. The van der Waals surface area contributed by atoms with Crippen LogP contribution in [0.15, 0.2) is 48.0 Å². The zero-order chi connectivity index (χ0) is 21.7. The Morgan fingerprint density at radius 1 is 1.00 bits per heavy atom. The number of amides is 2. The Bertz CT molecular complexity index is 968. The number of methoxy groups -OCH3 is 3. The molecule has 0 fully saturated rings. The van der Waals surface area contributed by atoms with Gasteiger partial charge in [0.25, 0.3) is 0 Å². The molecule has 158 valence electrons. The van der Waals surface area contributed by atoms with Crippen LogP contribution in [0.25, 0.3) is 5.70 Å². The molecule has 0 aliphatic carbocycles. The molecule has 0 saturated carbocycles. The minimum absolute atomic E-state index is 0.272. The minimum Gasteiger partial charge on any atom is -0.497 e. The Labute approximate surface area is 174 Å². The Balaban J connectivity index is 2.14. The van der Waals surface area contributed by atoms with Crippen LogP contribution in [0.2, 0.25) is 0 Å². The second-order valence-corrected chi connectivity index (χ2v) is 6.38. The van der Waals surface area contributed by atoms with Crippen LogP contribution < -0.4 is 24.8 Å². The number of urea groups is 1. The summed E-state index contributed by atoms with van der Waals surface area (Å²) >= 11 is 0. The maximum Gasteiger partial charge on any atom is 0.338 e. The number of nitrogens with one attached hydrogen (secondary N) is 2. The van der Waals surface area contributed by atoms with E-state index in [1.54, 1.807) is 49.6 Å². The van der Waals surface area contributed by atoms with E-state index in [2.05, 4.69) is 10.6 Å². The summed E-state index contributed by atoms with van der Waals surface area (Å²) in [7, 11) is 4.39. The Morgan fingerprint density at radius 2 is 1.73 bits per heavy atom. The van der Waals surface area contributed by atoms with Crippen LogP contribution in [0.5, 0.6) is 17.2 Å². The van der Waals surface area contributed by atoms with Gasteiger partial charge in [0.1, 0.15) is 5.75 Å². The fourth-order valence-corrected chi connectivity index (χ4v) is 3.27. The topological polar surface area (TPSA) is 95.1 Å². The molecule has 1 aliphatic heterocycles. The highest BCUT2D eigenvalue weighted by molar-refractivity contribution is 6.04. The van der Waals surface area contributed by atoms with Crippen LogP contribution in [-0.4, -0.2) is 39.9 Å². The van der Waals surface area contributed by atoms with Crippen LogP contribution in [0, 0.1) is 0 Å². The van der Waals surface area contributed by atoms with Crippen molar-refractivity contribution in [3.63, 3.8) is 0 Å². The number of benzene rings is 2. The van der Waals surface area contributed by atoms with Crippen molar-refractivity contribution < 1.29 is 28.5 Å². The molecule has 2 aromatic rings. The van der Waals surface area contributed by atoms with Gasteiger partial charge in [-0.25, -0.2) is 9.59 Å². The van der Waals surface area contributed by atoms with Gasteiger partial charge in [0.05, 0.1) is 45.2 Å². The van der Waals surface area contributed by atoms with Gasteiger partial charge in [0, 0.05) is 0 Å². The fourth-order valence-electron chi connectivity index (χ4n) is 3.27. The van der Waals surface area contributed by atoms with E-state index >= 15 is 0 Å². The van der Waals surface area contributed by atoms with Gasteiger partial charge in [-0.1, -0.05) is 6.07 Å². The summed E-state index contributed by atoms with van der Waals surface area (Å²) in [6, 6.07) is 11.1. The zero-order valence-corrected chi connectivity index (χ0v) is 17.3. The van der Waals surface area contributed by atoms with Crippen molar-refractivity contribution in [2.75, 3.05) is 27.9 Å². The summed E-state index contributed by atoms with van der Waals surface area (Å²) in [5.74, 6) is 1.17. The monoisotopic (exact) mass is 412 g/mol. The van der Waals surface area contributed by atoms with E-state index in [4.69, 9.17) is 18.9 Å². The second kappa shape index (κ2) is 9.21. The van der Waals surface area contributed by atoms with Gasteiger partial charge >= 0.3 is 12.0 Å². The van der Waals surface area contributed by atoms with Gasteiger partial charge in [-0.3, -0.25) is 0 Å². The van der Waals surface area contributed by atoms with Crippen molar-refractivity contribution in [1.29, 1.82) is 0 Å². The molecular weight excluding hydrogens is 388 g/mol. The molecule has 0 aromatic heterocycles. The lowest BCUT2D eigenvalue weighted by atomic mass is 9.92. The molecule has 0 spiro atoms. The maximum atomic E-state index is 12.7. The van der Waals surface area contributed by atoms with Crippen molar-refractivity contribution in [2.45, 2.75) is 13.0 Å². The van der Waals surface area contributed by atoms with E-state index in [0.717, 1.165) is 0 Å². The number of esters is 1. The van der Waals surface area contributed by atoms with Crippen molar-refractivity contribution in [1.82, 2.24) is 10.6 Å². The van der Waals surface area contributed by atoms with Crippen LogP contribution in [0.3, 0.4) is 0 Å². The molecule has 3 rings (SSSR count). The summed E-state index contributed by atoms with van der Waals surface area (Å²) in [4.78, 5) is 25.2. The average Bonchev–Trinajstić information content (AvgIpc) is 2.78. The number of hydrogen-bond acceptors (Lipinski definition) is 6. The van der Waals surface area contributed by atoms with E-state index in [9.17, 15) is 9.59 Å². The summed E-state index contributed by atoms with van der Waals surface area (Å²) < 4.78 is 21.2. The lowest BCUT2D eigenvalue weighted by molar-refractivity contribution is -0.136. The Morgan fingerprint density at radius 3 is 2.33 bits per heavy atom. The average molecular weight is 412 g/mol. The largest absolute Gasteiger partial charge is 0.497 e. The highest BCUT2D eigenvalue weighted by Gasteiger charge is 2.34. The van der Waals surface area contributed by atoms with E-state index in [1.807, 2.05) is 6.92 Å². The number of rotatable bonds is 7. The second-order valence-electron chi connectivity index (χ2n) is 6.38. The lowest BCUT2D eigenvalue weighted by Gasteiger charge is -2.29. The van der Waals surface area contributed by atoms with Crippen LogP contribution in [-0.2, 0) is 9.53 Å². The molecule has 0 bridgehead atoms. The van der Waals surface area contributed by atoms with Gasteiger partial charge < -0.3 is 29.6 Å². The smallest absolute Gasteiger partial charge is 0.338 e. The molecule has 1 aliphatic rings. The van der Waals surface area contributed by atoms with E-state index in [0.29, 0.717) is 40.7 Å². The first-order valence-electron chi connectivity index (χ1n) is 9.37. The number of carbonyl (C=O) groups is 2. The molecule has 2 N–H and O–H groups in total. The zero-order valence-electron chi connectivity index (χ0n) is 17.3. The molecule has 8 heteroatoms. The van der Waals surface area contributed by atoms with Crippen LogP contribution in [0.4, 0.5) is 4.79 Å². The molecule has 1 atom stereocenters. The first-order valence-corrected chi connectivity index (χ1v) is 9.37. The minimum atomic E-state index is -0.743.